The lowest BCUT2D eigenvalue weighted by atomic mass is 9.75. The molecular weight excluding hydrogens is 592 g/mol. The molecule has 5 rings (SSSR count). The number of amides is 2. The Bertz CT molecular complexity index is 1670. The Balaban J connectivity index is 1.45. The minimum atomic E-state index is -4.84. The first-order valence-corrected chi connectivity index (χ1v) is 13.4. The van der Waals surface area contributed by atoms with Crippen LogP contribution < -0.4 is 14.5 Å². The summed E-state index contributed by atoms with van der Waals surface area (Å²) in [6, 6.07) is 16.6. The van der Waals surface area contributed by atoms with Gasteiger partial charge in [0, 0.05) is 12.7 Å². The highest BCUT2D eigenvalue weighted by Gasteiger charge is 2.59. The Morgan fingerprint density at radius 2 is 1.74 bits per heavy atom. The molecule has 1 saturated heterocycles. The van der Waals surface area contributed by atoms with Gasteiger partial charge >= 0.3 is 6.18 Å². The van der Waals surface area contributed by atoms with Gasteiger partial charge in [-0.05, 0) is 92.2 Å². The lowest BCUT2D eigenvalue weighted by Crippen LogP contribution is -2.55. The molecule has 1 heterocycles. The SMILES string of the molecule is CN(C(=O)c1ccc(N2C(=S)N(c3ccc(C#N)c(C(F)(F)F)c3)C(=O)C23CCC3)cc1F)C(=S)Oc1ccccc1. The van der Waals surface area contributed by atoms with Gasteiger partial charge in [0.25, 0.3) is 17.0 Å². The molecule has 0 radical (unpaired) electrons. The zero-order chi connectivity index (χ0) is 30.4. The normalized spacial score (nSPS) is 15.8. The fourth-order valence-electron chi connectivity index (χ4n) is 4.95. The number of ether oxygens (including phenoxy) is 1. The third kappa shape index (κ3) is 4.86. The van der Waals surface area contributed by atoms with E-state index in [9.17, 15) is 22.8 Å². The van der Waals surface area contributed by atoms with Gasteiger partial charge in [-0.3, -0.25) is 19.4 Å². The van der Waals surface area contributed by atoms with Gasteiger partial charge in [0.15, 0.2) is 5.11 Å². The van der Waals surface area contributed by atoms with Crippen LogP contribution in [0.25, 0.3) is 0 Å². The molecule has 13 heteroatoms. The van der Waals surface area contributed by atoms with Crippen LogP contribution in [-0.2, 0) is 11.0 Å². The van der Waals surface area contributed by atoms with Crippen molar-refractivity contribution >= 4 is 57.9 Å². The molecule has 214 valence electrons. The van der Waals surface area contributed by atoms with E-state index in [0.717, 1.165) is 21.9 Å². The average Bonchev–Trinajstić information content (AvgIpc) is 3.18. The fourth-order valence-corrected chi connectivity index (χ4v) is 5.60. The van der Waals surface area contributed by atoms with Gasteiger partial charge in [-0.25, -0.2) is 4.39 Å². The number of anilines is 2. The van der Waals surface area contributed by atoms with Crippen LogP contribution in [0.2, 0.25) is 0 Å². The van der Waals surface area contributed by atoms with Crippen LogP contribution in [0.5, 0.6) is 5.75 Å². The largest absolute Gasteiger partial charge is 0.431 e. The van der Waals surface area contributed by atoms with Gasteiger partial charge in [-0.15, -0.1) is 0 Å². The number of rotatable bonds is 4. The molecule has 1 aliphatic carbocycles. The maximum Gasteiger partial charge on any atom is 0.417 e. The summed E-state index contributed by atoms with van der Waals surface area (Å²) in [6.07, 6.45) is -3.53. The van der Waals surface area contributed by atoms with Crippen molar-refractivity contribution in [2.75, 3.05) is 16.8 Å². The van der Waals surface area contributed by atoms with E-state index in [0.29, 0.717) is 31.1 Å². The highest BCUT2D eigenvalue weighted by atomic mass is 32.1. The molecule has 0 unspecified atom stereocenters. The third-order valence-corrected chi connectivity index (χ3v) is 7.97. The molecule has 2 fully saturated rings. The molecule has 0 aromatic heterocycles. The smallest absolute Gasteiger partial charge is 0.417 e. The van der Waals surface area contributed by atoms with Crippen molar-refractivity contribution in [3.05, 3.63) is 89.2 Å². The molecular formula is C29H20F4N4O3S2. The van der Waals surface area contributed by atoms with E-state index in [1.807, 2.05) is 0 Å². The zero-order valence-corrected chi connectivity index (χ0v) is 23.4. The molecule has 7 nitrogen and oxygen atoms in total. The summed E-state index contributed by atoms with van der Waals surface area (Å²) >= 11 is 10.8. The Kier molecular flexibility index (Phi) is 7.46. The number of carbonyl (C=O) groups excluding carboxylic acids is 2. The number of hydrogen-bond acceptors (Lipinski definition) is 6. The number of nitriles is 1. The van der Waals surface area contributed by atoms with Crippen molar-refractivity contribution in [1.82, 2.24) is 4.90 Å². The number of nitrogens with zero attached hydrogens (tertiary/aromatic N) is 4. The minimum Gasteiger partial charge on any atom is -0.431 e. The molecule has 2 amide bonds. The number of carbonyl (C=O) groups is 2. The number of alkyl halides is 3. The molecule has 1 spiro atoms. The molecule has 1 aliphatic heterocycles. The number of hydrogen-bond donors (Lipinski definition) is 0. The Labute approximate surface area is 248 Å². The monoisotopic (exact) mass is 612 g/mol. The van der Waals surface area contributed by atoms with Crippen LogP contribution >= 0.6 is 24.4 Å². The Hall–Kier alpha value is -4.41. The quantitative estimate of drug-likeness (QED) is 0.256. The fraction of sp³-hybridized carbons (Fsp3) is 0.207. The number of thiocarbonyl (C=S) groups is 2. The summed E-state index contributed by atoms with van der Waals surface area (Å²) in [5.74, 6) is -1.87. The van der Waals surface area contributed by atoms with Crippen molar-refractivity contribution in [3.63, 3.8) is 0 Å². The van der Waals surface area contributed by atoms with Gasteiger partial charge in [-0.1, -0.05) is 18.2 Å². The average molecular weight is 613 g/mol. The van der Waals surface area contributed by atoms with E-state index in [1.54, 1.807) is 30.3 Å². The summed E-state index contributed by atoms with van der Waals surface area (Å²) in [6.45, 7) is 0. The molecule has 42 heavy (non-hydrogen) atoms. The summed E-state index contributed by atoms with van der Waals surface area (Å²) in [7, 11) is 1.34. The summed E-state index contributed by atoms with van der Waals surface area (Å²) in [5, 5.41) is 8.79. The first kappa shape index (κ1) is 29.1. The van der Waals surface area contributed by atoms with E-state index >= 15 is 4.39 Å². The number of para-hydroxylation sites is 1. The lowest BCUT2D eigenvalue weighted by molar-refractivity contribution is -0.137. The highest BCUT2D eigenvalue weighted by molar-refractivity contribution is 7.81. The summed E-state index contributed by atoms with van der Waals surface area (Å²) in [5.41, 5.74) is -3.35. The van der Waals surface area contributed by atoms with Crippen LogP contribution in [0.15, 0.2) is 66.7 Å². The van der Waals surface area contributed by atoms with Gasteiger partial charge in [0.05, 0.1) is 28.4 Å². The van der Waals surface area contributed by atoms with E-state index in [1.165, 1.54) is 36.2 Å². The second-order valence-electron chi connectivity index (χ2n) is 9.69. The predicted octanol–water partition coefficient (Wildman–Crippen LogP) is 6.21. The molecule has 2 aliphatic rings. The van der Waals surface area contributed by atoms with E-state index < -0.39 is 40.5 Å². The highest BCUT2D eigenvalue weighted by Crippen LogP contribution is 2.48. The third-order valence-electron chi connectivity index (χ3n) is 7.25. The molecule has 0 atom stereocenters. The van der Waals surface area contributed by atoms with Crippen molar-refractivity contribution in [1.29, 1.82) is 5.26 Å². The molecule has 3 aromatic carbocycles. The van der Waals surface area contributed by atoms with Gasteiger partial charge in [-0.2, -0.15) is 18.4 Å². The van der Waals surface area contributed by atoms with E-state index in [-0.39, 0.29) is 27.2 Å². The molecule has 0 N–H and O–H groups in total. The van der Waals surface area contributed by atoms with Crippen molar-refractivity contribution < 1.29 is 31.9 Å². The van der Waals surface area contributed by atoms with E-state index in [4.69, 9.17) is 34.4 Å². The zero-order valence-electron chi connectivity index (χ0n) is 21.8. The maximum absolute atomic E-state index is 15.4. The van der Waals surface area contributed by atoms with Crippen LogP contribution in [0.1, 0.15) is 40.7 Å². The summed E-state index contributed by atoms with van der Waals surface area (Å²) in [4.78, 5) is 30.1. The number of benzene rings is 3. The van der Waals surface area contributed by atoms with Crippen LogP contribution in [0.3, 0.4) is 0 Å². The first-order valence-electron chi connectivity index (χ1n) is 12.5. The second-order valence-corrected chi connectivity index (χ2v) is 10.4. The van der Waals surface area contributed by atoms with E-state index in [2.05, 4.69) is 0 Å². The van der Waals surface area contributed by atoms with Crippen LogP contribution in [0.4, 0.5) is 28.9 Å². The Morgan fingerprint density at radius 1 is 1.07 bits per heavy atom. The topological polar surface area (TPSA) is 76.9 Å². The molecule has 0 bridgehead atoms. The van der Waals surface area contributed by atoms with Gasteiger partial charge < -0.3 is 9.64 Å². The van der Waals surface area contributed by atoms with Crippen LogP contribution in [-0.4, -0.2) is 39.6 Å². The minimum absolute atomic E-state index is 0.148. The van der Waals surface area contributed by atoms with Crippen molar-refractivity contribution in [2.24, 2.45) is 0 Å². The van der Waals surface area contributed by atoms with Crippen molar-refractivity contribution in [2.45, 2.75) is 31.0 Å². The summed E-state index contributed by atoms with van der Waals surface area (Å²) < 4.78 is 61.9. The Morgan fingerprint density at radius 3 is 2.31 bits per heavy atom. The second kappa shape index (κ2) is 10.8. The standard InChI is InChI=1S/C29H20F4N4O3S2/c1-35(27(42)40-20-6-3-2-4-7-20)24(38)21-11-10-19(15-23(21)30)37-26(41)36(25(39)28(37)12-5-13-28)18-9-8-17(16-34)22(14-18)29(31,32)33/h2-4,6-11,14-15H,5,12-13H2,1H3. The first-order chi connectivity index (χ1) is 19.9. The van der Waals surface area contributed by atoms with Crippen molar-refractivity contribution in [3.8, 4) is 11.8 Å². The van der Waals surface area contributed by atoms with Gasteiger partial charge in [0.2, 0.25) is 0 Å². The van der Waals surface area contributed by atoms with Crippen LogP contribution in [0, 0.1) is 17.1 Å². The molecule has 1 saturated carbocycles. The number of halogens is 4. The maximum atomic E-state index is 15.4. The lowest BCUT2D eigenvalue weighted by Gasteiger charge is -2.43. The molecule has 3 aromatic rings. The predicted molar refractivity (Wildman–Crippen MR) is 153 cm³/mol. The van der Waals surface area contributed by atoms with Gasteiger partial charge in [0.1, 0.15) is 17.1 Å².